The maximum atomic E-state index is 8.65. The van der Waals surface area contributed by atoms with Crippen LogP contribution in [0.4, 0.5) is 0 Å². The Balaban J connectivity index is 3.09. The molecular weight excluding hydrogens is 262 g/mol. The van der Waals surface area contributed by atoms with E-state index in [0.717, 1.165) is 15.7 Å². The van der Waals surface area contributed by atoms with E-state index in [1.165, 1.54) is 0 Å². The van der Waals surface area contributed by atoms with E-state index in [2.05, 4.69) is 22.6 Å². The summed E-state index contributed by atoms with van der Waals surface area (Å²) in [5.74, 6) is 0. The fourth-order valence-corrected chi connectivity index (χ4v) is 1.27. The van der Waals surface area contributed by atoms with E-state index in [1.807, 2.05) is 6.07 Å². The normalized spacial score (nSPS) is 9.90. The average Bonchev–Trinajstić information content (AvgIpc) is 1.94. The zero-order valence-corrected chi connectivity index (χ0v) is 7.93. The van der Waals surface area contributed by atoms with Gasteiger partial charge in [0.2, 0.25) is 0 Å². The first-order valence-corrected chi connectivity index (χ1v) is 4.12. The van der Waals surface area contributed by atoms with Crippen molar-refractivity contribution in [2.75, 3.05) is 0 Å². The Morgan fingerprint density at radius 2 is 2.20 bits per heavy atom. The van der Waals surface area contributed by atoms with Gasteiger partial charge in [-0.25, -0.2) is 0 Å². The summed E-state index contributed by atoms with van der Waals surface area (Å²) in [7, 11) is 0. The van der Waals surface area contributed by atoms with Gasteiger partial charge in [0, 0.05) is 8.59 Å². The molecule has 0 unspecified atom stereocenters. The molecule has 0 atom stereocenters. The highest BCUT2D eigenvalue weighted by Crippen LogP contribution is 2.18. The summed E-state index contributed by atoms with van der Waals surface area (Å²) in [5, 5.41) is 9.29. The highest BCUT2D eigenvalue weighted by molar-refractivity contribution is 14.1. The smallest absolute Gasteiger partial charge is 0.110 e. The lowest BCUT2D eigenvalue weighted by molar-refractivity contribution is 0.414. The van der Waals surface area contributed by atoms with Crippen LogP contribution in [0.2, 0.25) is 5.02 Å². The highest BCUT2D eigenvalue weighted by Gasteiger charge is 1.97. The zero-order chi connectivity index (χ0) is 7.56. The molecule has 1 rings (SSSR count). The lowest BCUT2D eigenvalue weighted by atomic mass is 10.2. The summed E-state index contributed by atoms with van der Waals surface area (Å²) in [4.78, 5) is 0. The Morgan fingerprint density at radius 1 is 1.50 bits per heavy atom. The van der Waals surface area contributed by atoms with Gasteiger partial charge in [-0.1, -0.05) is 11.6 Å². The summed E-state index contributed by atoms with van der Waals surface area (Å²) in [6.45, 7) is 1.05. The van der Waals surface area contributed by atoms with Crippen molar-refractivity contribution in [2.45, 2.75) is 0 Å². The van der Waals surface area contributed by atoms with Crippen molar-refractivity contribution < 1.29 is 5.11 Å². The van der Waals surface area contributed by atoms with Gasteiger partial charge in [0.1, 0.15) is 6.61 Å². The number of halogens is 2. The molecule has 10 heavy (non-hydrogen) atoms. The number of benzene rings is 1. The Morgan fingerprint density at radius 3 is 2.70 bits per heavy atom. The van der Waals surface area contributed by atoms with Gasteiger partial charge in [-0.05, 0) is 46.4 Å². The quantitative estimate of drug-likeness (QED) is 0.776. The summed E-state index contributed by atoms with van der Waals surface area (Å²) in [6.07, 6.45) is 0. The minimum absolute atomic E-state index is 0.640. The first-order chi connectivity index (χ1) is 4.74. The summed E-state index contributed by atoms with van der Waals surface area (Å²) >= 11 is 7.79. The standard InChI is InChI=1S/C7H5ClIO/c8-6-1-2-7(9)5(3-6)4-10/h1-4,10H. The van der Waals surface area contributed by atoms with Gasteiger partial charge in [-0.2, -0.15) is 0 Å². The predicted molar refractivity (Wildman–Crippen MR) is 49.5 cm³/mol. The van der Waals surface area contributed by atoms with Crippen molar-refractivity contribution in [1.82, 2.24) is 0 Å². The van der Waals surface area contributed by atoms with E-state index in [1.54, 1.807) is 12.1 Å². The van der Waals surface area contributed by atoms with Crippen LogP contribution in [-0.2, 0) is 0 Å². The van der Waals surface area contributed by atoms with Crippen molar-refractivity contribution >= 4 is 34.2 Å². The number of aliphatic hydroxyl groups excluding tert-OH is 1. The second-order valence-corrected chi connectivity index (χ2v) is 3.39. The predicted octanol–water partition coefficient (Wildman–Crippen LogP) is 2.83. The lowest BCUT2D eigenvalue weighted by Gasteiger charge is -1.98. The average molecular weight is 267 g/mol. The third kappa shape index (κ3) is 1.84. The molecule has 0 aromatic heterocycles. The molecule has 53 valence electrons. The van der Waals surface area contributed by atoms with E-state index >= 15 is 0 Å². The fraction of sp³-hybridized carbons (Fsp3) is 0. The van der Waals surface area contributed by atoms with Crippen LogP contribution < -0.4 is 0 Å². The van der Waals surface area contributed by atoms with Crippen LogP contribution >= 0.6 is 34.2 Å². The summed E-state index contributed by atoms with van der Waals surface area (Å²) in [6, 6.07) is 5.35. The SMILES string of the molecule is O[CH]c1cc(Cl)ccc1I. The molecule has 0 saturated heterocycles. The third-order valence-corrected chi connectivity index (χ3v) is 2.31. The van der Waals surface area contributed by atoms with Crippen LogP contribution in [0, 0.1) is 10.2 Å². The van der Waals surface area contributed by atoms with E-state index in [-0.39, 0.29) is 0 Å². The van der Waals surface area contributed by atoms with Crippen molar-refractivity contribution in [3.05, 3.63) is 39.0 Å². The molecule has 1 radical (unpaired) electrons. The Labute approximate surface area is 78.2 Å². The second kappa shape index (κ2) is 3.55. The fourth-order valence-electron chi connectivity index (χ4n) is 0.614. The molecule has 0 heterocycles. The molecule has 0 fully saturated rings. The molecule has 1 aromatic rings. The van der Waals surface area contributed by atoms with Crippen LogP contribution in [0.15, 0.2) is 18.2 Å². The molecule has 1 N–H and O–H groups in total. The van der Waals surface area contributed by atoms with Crippen LogP contribution in [-0.4, -0.2) is 5.11 Å². The van der Waals surface area contributed by atoms with Crippen LogP contribution in [0.3, 0.4) is 0 Å². The van der Waals surface area contributed by atoms with E-state index < -0.39 is 0 Å². The first-order valence-electron chi connectivity index (χ1n) is 2.66. The Hall–Kier alpha value is 0.200. The number of hydrogen-bond acceptors (Lipinski definition) is 1. The van der Waals surface area contributed by atoms with Gasteiger partial charge in [0.25, 0.3) is 0 Å². The maximum absolute atomic E-state index is 8.65. The zero-order valence-electron chi connectivity index (χ0n) is 5.01. The van der Waals surface area contributed by atoms with Gasteiger partial charge < -0.3 is 5.11 Å². The Bertz CT molecular complexity index is 237. The van der Waals surface area contributed by atoms with Gasteiger partial charge in [0.15, 0.2) is 0 Å². The molecule has 0 aliphatic carbocycles. The molecular formula is C7H5ClIO. The molecule has 0 spiro atoms. The van der Waals surface area contributed by atoms with Crippen molar-refractivity contribution in [3.63, 3.8) is 0 Å². The Kier molecular flexibility index (Phi) is 2.95. The maximum Gasteiger partial charge on any atom is 0.110 e. The van der Waals surface area contributed by atoms with Crippen LogP contribution in [0.25, 0.3) is 0 Å². The third-order valence-electron chi connectivity index (χ3n) is 1.10. The summed E-state index contributed by atoms with van der Waals surface area (Å²) < 4.78 is 0.990. The second-order valence-electron chi connectivity index (χ2n) is 1.79. The minimum atomic E-state index is 0.640. The van der Waals surface area contributed by atoms with Gasteiger partial charge in [0.05, 0.1) is 0 Å². The van der Waals surface area contributed by atoms with Crippen molar-refractivity contribution in [2.24, 2.45) is 0 Å². The largest absolute Gasteiger partial charge is 0.385 e. The molecule has 0 aliphatic rings. The molecule has 0 aliphatic heterocycles. The van der Waals surface area contributed by atoms with Crippen LogP contribution in [0.1, 0.15) is 5.56 Å². The highest BCUT2D eigenvalue weighted by atomic mass is 127. The molecule has 3 heteroatoms. The minimum Gasteiger partial charge on any atom is -0.385 e. The number of rotatable bonds is 1. The molecule has 1 aromatic carbocycles. The van der Waals surface area contributed by atoms with E-state index in [4.69, 9.17) is 16.7 Å². The van der Waals surface area contributed by atoms with Gasteiger partial charge >= 0.3 is 0 Å². The molecule has 0 amide bonds. The van der Waals surface area contributed by atoms with Crippen molar-refractivity contribution in [3.8, 4) is 0 Å². The topological polar surface area (TPSA) is 20.2 Å². The first kappa shape index (κ1) is 8.30. The van der Waals surface area contributed by atoms with Gasteiger partial charge in [-0.3, -0.25) is 0 Å². The van der Waals surface area contributed by atoms with Crippen LogP contribution in [0.5, 0.6) is 0 Å². The van der Waals surface area contributed by atoms with Crippen molar-refractivity contribution in [1.29, 1.82) is 0 Å². The number of aliphatic hydroxyl groups is 1. The molecule has 0 bridgehead atoms. The van der Waals surface area contributed by atoms with E-state index in [9.17, 15) is 0 Å². The number of hydrogen-bond donors (Lipinski definition) is 1. The van der Waals surface area contributed by atoms with E-state index in [0.29, 0.717) is 5.02 Å². The monoisotopic (exact) mass is 267 g/mol. The molecule has 0 saturated carbocycles. The summed E-state index contributed by atoms with van der Waals surface area (Å²) in [5.41, 5.74) is 0.758. The molecule has 1 nitrogen and oxygen atoms in total. The van der Waals surface area contributed by atoms with Gasteiger partial charge in [-0.15, -0.1) is 0 Å². The lowest BCUT2D eigenvalue weighted by Crippen LogP contribution is -1.84.